The summed E-state index contributed by atoms with van der Waals surface area (Å²) in [7, 11) is 0. The molecule has 0 aliphatic carbocycles. The van der Waals surface area contributed by atoms with Crippen molar-refractivity contribution < 1.29 is 47.4 Å². The Morgan fingerprint density at radius 1 is 0.415 bits per heavy atom. The van der Waals surface area contributed by atoms with Crippen LogP contribution in [0.4, 0.5) is 0 Å². The van der Waals surface area contributed by atoms with Crippen LogP contribution in [0.1, 0.15) is 71.1 Å². The number of hydrogen-bond donors (Lipinski definition) is 0. The van der Waals surface area contributed by atoms with Crippen molar-refractivity contribution in [3.8, 4) is 0 Å². The van der Waals surface area contributed by atoms with E-state index >= 15 is 0 Å². The monoisotopic (exact) mass is 614 g/mol. The standard InChI is InChI=1S/C30H59ClO10/c1-2-3-4-5-6-7-8-9-10-11-30(32)41-29-28-40-27-26-39-25-24-38-23-22-37-21-20-36-19-18-35-17-16-34-15-14-33-13-12-31/h2-29H2,1H3. The first-order valence-electron chi connectivity index (χ1n) is 15.6. The van der Waals surface area contributed by atoms with Gasteiger partial charge in [-0.3, -0.25) is 4.79 Å². The summed E-state index contributed by atoms with van der Waals surface area (Å²) in [5, 5.41) is 0. The van der Waals surface area contributed by atoms with Gasteiger partial charge in [0.05, 0.1) is 106 Å². The quantitative estimate of drug-likeness (QED) is 0.0554. The molecule has 0 fully saturated rings. The summed E-state index contributed by atoms with van der Waals surface area (Å²) in [6.45, 7) is 10.6. The van der Waals surface area contributed by atoms with E-state index in [0.717, 1.165) is 12.8 Å². The van der Waals surface area contributed by atoms with E-state index in [4.69, 9.17) is 54.2 Å². The molecule has 0 N–H and O–H groups in total. The number of hydrogen-bond acceptors (Lipinski definition) is 10. The highest BCUT2D eigenvalue weighted by molar-refractivity contribution is 6.17. The van der Waals surface area contributed by atoms with Crippen molar-refractivity contribution in [1.82, 2.24) is 0 Å². The zero-order valence-electron chi connectivity index (χ0n) is 25.8. The van der Waals surface area contributed by atoms with E-state index < -0.39 is 0 Å². The number of alkyl halides is 1. The molecule has 0 aliphatic heterocycles. The maximum atomic E-state index is 11.7. The minimum absolute atomic E-state index is 0.134. The smallest absolute Gasteiger partial charge is 0.305 e. The normalized spacial score (nSPS) is 11.4. The Morgan fingerprint density at radius 3 is 1.05 bits per heavy atom. The first-order valence-corrected chi connectivity index (χ1v) is 16.2. The largest absolute Gasteiger partial charge is 0.463 e. The summed E-state index contributed by atoms with van der Waals surface area (Å²) in [5.74, 6) is 0.364. The van der Waals surface area contributed by atoms with Gasteiger partial charge >= 0.3 is 5.97 Å². The number of carbonyl (C=O) groups excluding carboxylic acids is 1. The molecule has 0 atom stereocenters. The van der Waals surface area contributed by atoms with Crippen molar-refractivity contribution in [2.45, 2.75) is 71.1 Å². The fourth-order valence-electron chi connectivity index (χ4n) is 3.56. The van der Waals surface area contributed by atoms with Crippen LogP contribution in [0.5, 0.6) is 0 Å². The van der Waals surface area contributed by atoms with Crippen LogP contribution in [0.15, 0.2) is 0 Å². The molecule has 246 valence electrons. The third-order valence-electron chi connectivity index (χ3n) is 5.80. The topological polar surface area (TPSA) is 100 Å². The molecule has 0 spiro atoms. The van der Waals surface area contributed by atoms with Crippen molar-refractivity contribution in [2.24, 2.45) is 0 Å². The lowest BCUT2D eigenvalue weighted by molar-refractivity contribution is -0.145. The fraction of sp³-hybridized carbons (Fsp3) is 0.967. The van der Waals surface area contributed by atoms with Gasteiger partial charge in [0, 0.05) is 12.3 Å². The van der Waals surface area contributed by atoms with E-state index in [2.05, 4.69) is 6.92 Å². The second kappa shape index (κ2) is 37.5. The van der Waals surface area contributed by atoms with Gasteiger partial charge in [-0.2, -0.15) is 0 Å². The van der Waals surface area contributed by atoms with Gasteiger partial charge in [0.15, 0.2) is 0 Å². The van der Waals surface area contributed by atoms with E-state index in [1.54, 1.807) is 0 Å². The van der Waals surface area contributed by atoms with Crippen LogP contribution in [-0.4, -0.2) is 124 Å². The average molecular weight is 615 g/mol. The number of rotatable bonds is 36. The third kappa shape index (κ3) is 37.4. The second-order valence-corrected chi connectivity index (χ2v) is 9.76. The van der Waals surface area contributed by atoms with E-state index in [0.29, 0.717) is 125 Å². The summed E-state index contributed by atoms with van der Waals surface area (Å²) in [5.41, 5.74) is 0. The second-order valence-electron chi connectivity index (χ2n) is 9.39. The van der Waals surface area contributed by atoms with Crippen molar-refractivity contribution in [1.29, 1.82) is 0 Å². The molecule has 0 aromatic carbocycles. The maximum Gasteiger partial charge on any atom is 0.305 e. The van der Waals surface area contributed by atoms with E-state index in [1.165, 1.54) is 44.9 Å². The highest BCUT2D eigenvalue weighted by Gasteiger charge is 2.03. The van der Waals surface area contributed by atoms with Crippen LogP contribution in [0, 0.1) is 0 Å². The van der Waals surface area contributed by atoms with Crippen molar-refractivity contribution in [3.63, 3.8) is 0 Å². The van der Waals surface area contributed by atoms with Crippen molar-refractivity contribution in [2.75, 3.05) is 118 Å². The number of esters is 1. The van der Waals surface area contributed by atoms with Crippen LogP contribution in [0.3, 0.4) is 0 Å². The molecule has 0 aromatic rings. The number of halogens is 1. The van der Waals surface area contributed by atoms with Gasteiger partial charge in [-0.1, -0.05) is 58.3 Å². The zero-order valence-corrected chi connectivity index (χ0v) is 26.5. The van der Waals surface area contributed by atoms with Crippen LogP contribution < -0.4 is 0 Å². The summed E-state index contributed by atoms with van der Waals surface area (Å²) in [4.78, 5) is 11.7. The van der Waals surface area contributed by atoms with E-state index in [-0.39, 0.29) is 5.97 Å². The number of carbonyl (C=O) groups is 1. The molecule has 0 bridgehead atoms. The zero-order chi connectivity index (χ0) is 29.7. The Morgan fingerprint density at radius 2 is 0.707 bits per heavy atom. The molecule has 0 aliphatic rings. The van der Waals surface area contributed by atoms with Gasteiger partial charge in [-0.05, 0) is 6.42 Å². The van der Waals surface area contributed by atoms with Crippen LogP contribution >= 0.6 is 11.6 Å². The lowest BCUT2D eigenvalue weighted by Gasteiger charge is -2.09. The Bertz CT molecular complexity index is 502. The molecule has 0 saturated heterocycles. The van der Waals surface area contributed by atoms with Crippen LogP contribution in [0.2, 0.25) is 0 Å². The first-order chi connectivity index (χ1) is 20.3. The molecule has 0 amide bonds. The lowest BCUT2D eigenvalue weighted by atomic mass is 10.1. The SMILES string of the molecule is CCCCCCCCCCCC(=O)OCCOCCOCCOCCOCCOCCOCCOCCOCCCl. The molecule has 0 heterocycles. The number of unbranched alkanes of at least 4 members (excludes halogenated alkanes) is 8. The Labute approximate surface area is 254 Å². The fourth-order valence-corrected chi connectivity index (χ4v) is 3.67. The van der Waals surface area contributed by atoms with E-state index in [9.17, 15) is 4.79 Å². The minimum Gasteiger partial charge on any atom is -0.463 e. The predicted molar refractivity (Wildman–Crippen MR) is 160 cm³/mol. The molecular formula is C30H59ClO10. The molecule has 11 heteroatoms. The summed E-state index contributed by atoms with van der Waals surface area (Å²) in [6, 6.07) is 0. The minimum atomic E-state index is -0.134. The molecular weight excluding hydrogens is 556 g/mol. The van der Waals surface area contributed by atoms with Gasteiger partial charge in [0.1, 0.15) is 6.61 Å². The third-order valence-corrected chi connectivity index (χ3v) is 5.96. The van der Waals surface area contributed by atoms with Crippen molar-refractivity contribution >= 4 is 17.6 Å². The summed E-state index contributed by atoms with van der Waals surface area (Å²) in [6.07, 6.45) is 11.6. The van der Waals surface area contributed by atoms with Gasteiger partial charge < -0.3 is 42.6 Å². The highest BCUT2D eigenvalue weighted by Crippen LogP contribution is 2.10. The van der Waals surface area contributed by atoms with Gasteiger partial charge in [-0.25, -0.2) is 0 Å². The summed E-state index contributed by atoms with van der Waals surface area (Å²) < 4.78 is 48.4. The molecule has 0 saturated carbocycles. The highest BCUT2D eigenvalue weighted by atomic mass is 35.5. The molecule has 10 nitrogen and oxygen atoms in total. The lowest BCUT2D eigenvalue weighted by Crippen LogP contribution is -2.15. The number of ether oxygens (including phenoxy) is 9. The maximum absolute atomic E-state index is 11.7. The van der Waals surface area contributed by atoms with Gasteiger partial charge in [0.25, 0.3) is 0 Å². The van der Waals surface area contributed by atoms with E-state index in [1.807, 2.05) is 0 Å². The van der Waals surface area contributed by atoms with Crippen LogP contribution in [-0.2, 0) is 47.4 Å². The first kappa shape index (κ1) is 40.4. The Kier molecular flexibility index (Phi) is 37.0. The summed E-state index contributed by atoms with van der Waals surface area (Å²) >= 11 is 5.51. The van der Waals surface area contributed by atoms with Gasteiger partial charge in [-0.15, -0.1) is 11.6 Å². The van der Waals surface area contributed by atoms with Crippen molar-refractivity contribution in [3.05, 3.63) is 0 Å². The molecule has 0 aromatic heterocycles. The van der Waals surface area contributed by atoms with Crippen LogP contribution in [0.25, 0.3) is 0 Å². The average Bonchev–Trinajstić information content (AvgIpc) is 2.98. The Hall–Kier alpha value is -0.560. The van der Waals surface area contributed by atoms with Gasteiger partial charge in [0.2, 0.25) is 0 Å². The Balaban J connectivity index is 3.11. The molecule has 0 unspecified atom stereocenters. The molecule has 0 rings (SSSR count). The predicted octanol–water partition coefficient (Wildman–Crippen LogP) is 4.82. The molecule has 41 heavy (non-hydrogen) atoms. The molecule has 0 radical (unpaired) electrons.